The maximum atomic E-state index is 10.7. The van der Waals surface area contributed by atoms with Gasteiger partial charge in [0.1, 0.15) is 0 Å². The molecule has 2 atom stereocenters. The second-order valence-corrected chi connectivity index (χ2v) is 8.94. The highest BCUT2D eigenvalue weighted by Gasteiger charge is 2.29. The minimum absolute atomic E-state index is 0.0609. The second-order valence-electron chi connectivity index (χ2n) is 6.14. The maximum absolute atomic E-state index is 10.7. The van der Waals surface area contributed by atoms with Gasteiger partial charge < -0.3 is 0 Å². The Kier molecular flexibility index (Phi) is 7.10. The summed E-state index contributed by atoms with van der Waals surface area (Å²) in [6.45, 7) is 0. The first kappa shape index (κ1) is 15.2. The first-order chi connectivity index (χ1) is 9.42. The monoisotopic (exact) mass is 281 g/mol. The van der Waals surface area contributed by atoms with Gasteiger partial charge in [0.25, 0.3) is 0 Å². The molecule has 0 aromatic heterocycles. The van der Waals surface area contributed by atoms with Gasteiger partial charge in [-0.3, -0.25) is 0 Å². The van der Waals surface area contributed by atoms with Gasteiger partial charge in [-0.1, -0.05) is 59.3 Å². The van der Waals surface area contributed by atoms with Crippen LogP contribution in [0, 0.1) is 0 Å². The van der Waals surface area contributed by atoms with Gasteiger partial charge in [-0.2, -0.15) is 4.99 Å². The average Bonchev–Trinajstić information content (AvgIpc) is 2.34. The standard InChI is InChI=1S/C16H28NOP/c18-14-17-16-12-8-4-5-9-13-19(16)15-10-6-2-1-3-7-11-15/h15-16H,1-13H2. The summed E-state index contributed by atoms with van der Waals surface area (Å²) in [5.74, 6) is 0.345. The third-order valence-corrected chi connectivity index (χ3v) is 8.18. The van der Waals surface area contributed by atoms with Crippen molar-refractivity contribution in [2.75, 3.05) is 6.16 Å². The van der Waals surface area contributed by atoms with Gasteiger partial charge in [0.15, 0.2) is 0 Å². The van der Waals surface area contributed by atoms with Crippen LogP contribution in [0.4, 0.5) is 0 Å². The molecule has 2 aliphatic rings. The van der Waals surface area contributed by atoms with Crippen LogP contribution in [0.25, 0.3) is 0 Å². The second kappa shape index (κ2) is 8.88. The molecule has 0 aromatic rings. The lowest BCUT2D eigenvalue weighted by molar-refractivity contribution is 0.502. The van der Waals surface area contributed by atoms with Crippen molar-refractivity contribution in [1.29, 1.82) is 0 Å². The molecule has 0 spiro atoms. The van der Waals surface area contributed by atoms with Gasteiger partial charge in [0.05, 0.1) is 5.78 Å². The van der Waals surface area contributed by atoms with Crippen molar-refractivity contribution in [3.63, 3.8) is 0 Å². The van der Waals surface area contributed by atoms with Gasteiger partial charge in [0.2, 0.25) is 6.08 Å². The zero-order valence-corrected chi connectivity index (χ0v) is 13.0. The van der Waals surface area contributed by atoms with Crippen LogP contribution >= 0.6 is 7.92 Å². The average molecular weight is 281 g/mol. The maximum Gasteiger partial charge on any atom is 0.235 e. The van der Waals surface area contributed by atoms with E-state index in [1.54, 1.807) is 0 Å². The van der Waals surface area contributed by atoms with Crippen LogP contribution in [0.15, 0.2) is 4.99 Å². The highest BCUT2D eigenvalue weighted by Crippen LogP contribution is 2.54. The third kappa shape index (κ3) is 5.01. The molecule has 2 rings (SSSR count). The van der Waals surface area contributed by atoms with Gasteiger partial charge in [-0.05, 0) is 37.5 Å². The van der Waals surface area contributed by atoms with Crippen molar-refractivity contribution in [1.82, 2.24) is 0 Å². The van der Waals surface area contributed by atoms with E-state index in [0.717, 1.165) is 12.1 Å². The van der Waals surface area contributed by atoms with E-state index in [-0.39, 0.29) is 7.92 Å². The van der Waals surface area contributed by atoms with Gasteiger partial charge in [0, 0.05) is 0 Å². The summed E-state index contributed by atoms with van der Waals surface area (Å²) in [7, 11) is -0.0609. The molecule has 0 N–H and O–H groups in total. The van der Waals surface area contributed by atoms with Gasteiger partial charge >= 0.3 is 0 Å². The molecule has 19 heavy (non-hydrogen) atoms. The highest BCUT2D eigenvalue weighted by molar-refractivity contribution is 7.59. The lowest BCUT2D eigenvalue weighted by Crippen LogP contribution is -2.19. The van der Waals surface area contributed by atoms with Crippen molar-refractivity contribution in [2.45, 2.75) is 88.5 Å². The minimum atomic E-state index is -0.0609. The number of carbonyl (C=O) groups excluding carboxylic acids is 1. The number of aliphatic imine (C=N–C) groups is 1. The molecule has 1 saturated heterocycles. The number of hydrogen-bond acceptors (Lipinski definition) is 2. The summed E-state index contributed by atoms with van der Waals surface area (Å²) in [5, 5.41) is 0. The predicted octanol–water partition coefficient (Wildman–Crippen LogP) is 5.21. The van der Waals surface area contributed by atoms with Crippen LogP contribution in [-0.4, -0.2) is 23.7 Å². The van der Waals surface area contributed by atoms with Crippen LogP contribution in [0.5, 0.6) is 0 Å². The molecule has 0 bridgehead atoms. The molecule has 108 valence electrons. The zero-order chi connectivity index (χ0) is 13.3. The molecule has 1 aliphatic heterocycles. The molecule has 0 radical (unpaired) electrons. The molecule has 0 amide bonds. The van der Waals surface area contributed by atoms with Crippen molar-refractivity contribution in [2.24, 2.45) is 4.99 Å². The first-order valence-corrected chi connectivity index (χ1v) is 9.91. The molecule has 1 heterocycles. The van der Waals surface area contributed by atoms with E-state index in [1.807, 2.05) is 6.08 Å². The van der Waals surface area contributed by atoms with Crippen molar-refractivity contribution >= 4 is 14.0 Å². The van der Waals surface area contributed by atoms with Crippen molar-refractivity contribution in [3.8, 4) is 0 Å². The van der Waals surface area contributed by atoms with Crippen LogP contribution in [0.2, 0.25) is 0 Å². The van der Waals surface area contributed by atoms with E-state index in [1.165, 1.54) is 76.8 Å². The summed E-state index contributed by atoms with van der Waals surface area (Å²) < 4.78 is 0. The van der Waals surface area contributed by atoms with Crippen LogP contribution in [0.3, 0.4) is 0 Å². The van der Waals surface area contributed by atoms with Crippen molar-refractivity contribution in [3.05, 3.63) is 0 Å². The minimum Gasteiger partial charge on any atom is -0.211 e. The Morgan fingerprint density at radius 2 is 1.37 bits per heavy atom. The Labute approximate surface area is 119 Å². The van der Waals surface area contributed by atoms with Crippen LogP contribution in [0.1, 0.15) is 77.0 Å². The predicted molar refractivity (Wildman–Crippen MR) is 82.9 cm³/mol. The molecule has 2 fully saturated rings. The molecule has 3 heteroatoms. The van der Waals surface area contributed by atoms with Crippen LogP contribution in [-0.2, 0) is 4.79 Å². The number of rotatable bonds is 2. The summed E-state index contributed by atoms with van der Waals surface area (Å²) in [5.41, 5.74) is 0.885. The molecule has 0 aromatic carbocycles. The SMILES string of the molecule is O=C=NC1CCCCCCP1C1CCCCCCC1. The fourth-order valence-corrected chi connectivity index (χ4v) is 7.16. The summed E-state index contributed by atoms with van der Waals surface area (Å²) in [4.78, 5) is 15.0. The van der Waals surface area contributed by atoms with Crippen molar-refractivity contribution < 1.29 is 4.79 Å². The van der Waals surface area contributed by atoms with E-state index in [4.69, 9.17) is 0 Å². The Morgan fingerprint density at radius 3 is 2.05 bits per heavy atom. The van der Waals surface area contributed by atoms with E-state index in [2.05, 4.69) is 4.99 Å². The topological polar surface area (TPSA) is 29.4 Å². The molecular formula is C16H28NOP. The molecule has 2 nitrogen and oxygen atoms in total. The molecular weight excluding hydrogens is 253 g/mol. The molecule has 1 saturated carbocycles. The molecule has 2 unspecified atom stereocenters. The van der Waals surface area contributed by atoms with E-state index in [9.17, 15) is 4.79 Å². The molecule has 1 aliphatic carbocycles. The third-order valence-electron chi connectivity index (χ3n) is 4.76. The summed E-state index contributed by atoms with van der Waals surface area (Å²) in [6, 6.07) is 0. The Morgan fingerprint density at radius 1 is 0.789 bits per heavy atom. The zero-order valence-electron chi connectivity index (χ0n) is 12.1. The van der Waals surface area contributed by atoms with Crippen LogP contribution < -0.4 is 0 Å². The largest absolute Gasteiger partial charge is 0.235 e. The fourth-order valence-electron chi connectivity index (χ4n) is 3.68. The smallest absolute Gasteiger partial charge is 0.211 e. The van der Waals surface area contributed by atoms with E-state index < -0.39 is 0 Å². The van der Waals surface area contributed by atoms with Gasteiger partial charge in [-0.25, -0.2) is 4.79 Å². The summed E-state index contributed by atoms with van der Waals surface area (Å²) in [6.07, 6.45) is 19.6. The lowest BCUT2D eigenvalue weighted by Gasteiger charge is -2.34. The number of nitrogens with zero attached hydrogens (tertiary/aromatic N) is 1. The summed E-state index contributed by atoms with van der Waals surface area (Å²) >= 11 is 0. The number of isocyanates is 1. The lowest BCUT2D eigenvalue weighted by atomic mass is 10.0. The van der Waals surface area contributed by atoms with E-state index >= 15 is 0 Å². The highest BCUT2D eigenvalue weighted by atomic mass is 31.1. The quantitative estimate of drug-likeness (QED) is 0.388. The Balaban J connectivity index is 2.02. The fraction of sp³-hybridized carbons (Fsp3) is 0.938. The normalized spacial score (nSPS) is 31.4. The van der Waals surface area contributed by atoms with Gasteiger partial charge in [-0.15, -0.1) is 0 Å². The Bertz CT molecular complexity index is 293. The Hall–Kier alpha value is -0.190. The number of hydrogen-bond donors (Lipinski definition) is 0. The van der Waals surface area contributed by atoms with E-state index in [0.29, 0.717) is 5.78 Å². The first-order valence-electron chi connectivity index (χ1n) is 8.24.